The van der Waals surface area contributed by atoms with E-state index in [9.17, 15) is 15.0 Å². The lowest BCUT2D eigenvalue weighted by atomic mass is 9.62. The first-order valence-electron chi connectivity index (χ1n) is 7.86. The Bertz CT molecular complexity index is 828. The van der Waals surface area contributed by atoms with Gasteiger partial charge in [0.1, 0.15) is 11.5 Å². The van der Waals surface area contributed by atoms with Gasteiger partial charge in [0.2, 0.25) is 0 Å². The largest absolute Gasteiger partial charge is 0.508 e. The molecule has 118 valence electrons. The molecule has 2 N–H and O–H groups in total. The zero-order valence-electron chi connectivity index (χ0n) is 12.6. The van der Waals surface area contributed by atoms with E-state index >= 15 is 0 Å². The van der Waals surface area contributed by atoms with Crippen LogP contribution in [0.15, 0.2) is 34.8 Å². The number of phenols is 2. The number of carbonyl (C=O) groups excluding carboxylic acids is 1. The maximum absolute atomic E-state index is 13.2. The highest BCUT2D eigenvalue weighted by Crippen LogP contribution is 2.47. The van der Waals surface area contributed by atoms with Crippen molar-refractivity contribution in [2.24, 2.45) is 5.41 Å². The normalized spacial score (nSPS) is 22.7. The maximum Gasteiger partial charge on any atom is 0.169 e. The van der Waals surface area contributed by atoms with E-state index in [-0.39, 0.29) is 16.9 Å². The summed E-state index contributed by atoms with van der Waals surface area (Å²) in [5.74, 6) is 0.676. The van der Waals surface area contributed by atoms with Crippen molar-refractivity contribution in [2.45, 2.75) is 32.1 Å². The average molecular weight is 373 g/mol. The summed E-state index contributed by atoms with van der Waals surface area (Å²) in [6.45, 7) is 0. The number of rotatable bonds is 0. The summed E-state index contributed by atoms with van der Waals surface area (Å²) in [5.41, 5.74) is 3.65. The lowest BCUT2D eigenvalue weighted by Gasteiger charge is -2.40. The third-order valence-electron chi connectivity index (χ3n) is 5.39. The molecule has 1 unspecified atom stereocenters. The Labute approximate surface area is 143 Å². The first-order chi connectivity index (χ1) is 11.0. The Hall–Kier alpha value is -1.81. The van der Waals surface area contributed by atoms with Gasteiger partial charge in [0, 0.05) is 11.0 Å². The monoisotopic (exact) mass is 372 g/mol. The van der Waals surface area contributed by atoms with Gasteiger partial charge >= 0.3 is 0 Å². The highest BCUT2D eigenvalue weighted by molar-refractivity contribution is 9.10. The van der Waals surface area contributed by atoms with Crippen LogP contribution in [0.1, 0.15) is 39.9 Å². The maximum atomic E-state index is 13.2. The number of aryl methyl sites for hydroxylation is 1. The number of ketones is 1. The summed E-state index contributed by atoms with van der Waals surface area (Å²) >= 11 is 3.41. The lowest BCUT2D eigenvalue weighted by molar-refractivity contribution is 0.0725. The van der Waals surface area contributed by atoms with Crippen LogP contribution in [0, 0.1) is 5.41 Å². The van der Waals surface area contributed by atoms with Crippen LogP contribution in [0.4, 0.5) is 0 Å². The molecule has 0 saturated carbocycles. The molecule has 23 heavy (non-hydrogen) atoms. The number of aromatic hydroxyl groups is 2. The second-order valence-corrected chi connectivity index (χ2v) is 7.46. The van der Waals surface area contributed by atoms with Gasteiger partial charge in [-0.3, -0.25) is 4.79 Å². The summed E-state index contributed by atoms with van der Waals surface area (Å²) in [6, 6.07) is 8.81. The highest BCUT2D eigenvalue weighted by atomic mass is 79.9. The third kappa shape index (κ3) is 2.19. The molecular formula is C19H17BrO3. The number of hydrogen-bond acceptors (Lipinski definition) is 3. The van der Waals surface area contributed by atoms with Crippen molar-refractivity contribution in [3.8, 4) is 11.5 Å². The van der Waals surface area contributed by atoms with Crippen LogP contribution in [0.3, 0.4) is 0 Å². The van der Waals surface area contributed by atoms with Gasteiger partial charge < -0.3 is 10.2 Å². The van der Waals surface area contributed by atoms with E-state index < -0.39 is 0 Å². The van der Waals surface area contributed by atoms with Gasteiger partial charge in [-0.1, -0.05) is 6.07 Å². The minimum atomic E-state index is -0.340. The summed E-state index contributed by atoms with van der Waals surface area (Å²) in [4.78, 5) is 13.2. The highest BCUT2D eigenvalue weighted by Gasteiger charge is 2.45. The summed E-state index contributed by atoms with van der Waals surface area (Å²) < 4.78 is 0.652. The zero-order valence-corrected chi connectivity index (χ0v) is 14.2. The molecule has 2 aromatic carbocycles. The molecule has 0 saturated heterocycles. The SMILES string of the molecule is O=C1c2ccc(O)c(Br)c2CCC12CCc1cc(O)ccc1C2. The zero-order chi connectivity index (χ0) is 16.2. The number of phenolic OH excluding ortho intramolecular Hbond substituents is 2. The van der Waals surface area contributed by atoms with Gasteiger partial charge in [-0.15, -0.1) is 0 Å². The van der Waals surface area contributed by atoms with Crippen LogP contribution in [-0.4, -0.2) is 16.0 Å². The third-order valence-corrected chi connectivity index (χ3v) is 6.28. The fourth-order valence-corrected chi connectivity index (χ4v) is 4.63. The number of hydrogen-bond donors (Lipinski definition) is 2. The molecule has 0 fully saturated rings. The minimum Gasteiger partial charge on any atom is -0.508 e. The van der Waals surface area contributed by atoms with Crippen molar-refractivity contribution in [1.29, 1.82) is 0 Å². The first kappa shape index (κ1) is 14.8. The molecule has 2 aromatic rings. The molecule has 0 heterocycles. The number of benzene rings is 2. The molecular weight excluding hydrogens is 356 g/mol. The van der Waals surface area contributed by atoms with E-state index in [4.69, 9.17) is 0 Å². The summed E-state index contributed by atoms with van der Waals surface area (Å²) in [6.07, 6.45) is 3.98. The lowest BCUT2D eigenvalue weighted by Crippen LogP contribution is -2.40. The van der Waals surface area contributed by atoms with Crippen LogP contribution >= 0.6 is 15.9 Å². The molecule has 2 aliphatic rings. The van der Waals surface area contributed by atoms with Crippen molar-refractivity contribution >= 4 is 21.7 Å². The van der Waals surface area contributed by atoms with Crippen molar-refractivity contribution < 1.29 is 15.0 Å². The number of fused-ring (bicyclic) bond motifs is 2. The van der Waals surface area contributed by atoms with Gasteiger partial charge in [0.05, 0.1) is 4.47 Å². The van der Waals surface area contributed by atoms with Crippen LogP contribution in [0.25, 0.3) is 0 Å². The van der Waals surface area contributed by atoms with Gasteiger partial charge in [-0.25, -0.2) is 0 Å². The predicted molar refractivity (Wildman–Crippen MR) is 91.0 cm³/mol. The van der Waals surface area contributed by atoms with E-state index in [2.05, 4.69) is 15.9 Å². The molecule has 0 radical (unpaired) electrons. The molecule has 0 aromatic heterocycles. The van der Waals surface area contributed by atoms with Crippen molar-refractivity contribution in [2.75, 3.05) is 0 Å². The first-order valence-corrected chi connectivity index (χ1v) is 8.65. The average Bonchev–Trinajstić information content (AvgIpc) is 2.55. The second-order valence-electron chi connectivity index (χ2n) is 6.66. The molecule has 4 heteroatoms. The smallest absolute Gasteiger partial charge is 0.169 e. The van der Waals surface area contributed by atoms with Crippen molar-refractivity contribution in [3.05, 3.63) is 57.1 Å². The topological polar surface area (TPSA) is 57.5 Å². The Morgan fingerprint density at radius 2 is 1.78 bits per heavy atom. The van der Waals surface area contributed by atoms with E-state index in [0.717, 1.165) is 48.8 Å². The van der Waals surface area contributed by atoms with Gasteiger partial charge in [-0.05, 0) is 89.0 Å². The molecule has 0 aliphatic heterocycles. The number of halogens is 1. The van der Waals surface area contributed by atoms with Crippen LogP contribution < -0.4 is 0 Å². The molecule has 3 nitrogen and oxygen atoms in total. The van der Waals surface area contributed by atoms with E-state index in [1.807, 2.05) is 12.1 Å². The predicted octanol–water partition coefficient (Wildman–Crippen LogP) is 4.16. The summed E-state index contributed by atoms with van der Waals surface area (Å²) in [5, 5.41) is 19.5. The molecule has 0 amide bonds. The fourth-order valence-electron chi connectivity index (χ4n) is 4.08. The van der Waals surface area contributed by atoms with Crippen molar-refractivity contribution in [1.82, 2.24) is 0 Å². The van der Waals surface area contributed by atoms with Crippen LogP contribution in [0.2, 0.25) is 0 Å². The molecule has 0 bridgehead atoms. The van der Waals surface area contributed by atoms with Gasteiger partial charge in [0.15, 0.2) is 5.78 Å². The number of Topliss-reactive ketones (excluding diaryl/α,β-unsaturated/α-hetero) is 1. The quantitative estimate of drug-likeness (QED) is 0.729. The molecule has 4 rings (SSSR count). The molecule has 2 aliphatic carbocycles. The second kappa shape index (κ2) is 5.10. The van der Waals surface area contributed by atoms with Crippen molar-refractivity contribution in [3.63, 3.8) is 0 Å². The Balaban J connectivity index is 1.75. The summed E-state index contributed by atoms with van der Waals surface area (Å²) in [7, 11) is 0. The van der Waals surface area contributed by atoms with Crippen LogP contribution in [0.5, 0.6) is 11.5 Å². The minimum absolute atomic E-state index is 0.192. The van der Waals surface area contributed by atoms with E-state index in [1.54, 1.807) is 18.2 Å². The van der Waals surface area contributed by atoms with E-state index in [1.165, 1.54) is 5.56 Å². The van der Waals surface area contributed by atoms with Crippen LogP contribution in [-0.2, 0) is 19.3 Å². The molecule has 1 atom stereocenters. The van der Waals surface area contributed by atoms with Gasteiger partial charge in [0.25, 0.3) is 0 Å². The standard InChI is InChI=1S/C19H17BrO3/c20-17-14-6-8-19(18(23)15(14)3-4-16(17)22)7-5-11-9-13(21)2-1-12(11)10-19/h1-4,9,21-22H,5-8,10H2. The Morgan fingerprint density at radius 1 is 1.00 bits per heavy atom. The Morgan fingerprint density at radius 3 is 2.61 bits per heavy atom. The number of carbonyl (C=O) groups is 1. The molecule has 1 spiro atoms. The fraction of sp³-hybridized carbons (Fsp3) is 0.316. The van der Waals surface area contributed by atoms with E-state index in [0.29, 0.717) is 10.2 Å². The Kier molecular flexibility index (Phi) is 3.27. The van der Waals surface area contributed by atoms with Gasteiger partial charge in [-0.2, -0.15) is 0 Å².